The monoisotopic (exact) mass is 453 g/mol. The maximum absolute atomic E-state index is 13.2. The number of benzene rings is 1. The fourth-order valence-corrected chi connectivity index (χ4v) is 3.89. The molecule has 1 fully saturated rings. The number of halogens is 1. The van der Waals surface area contributed by atoms with Crippen LogP contribution in [-0.2, 0) is 16.0 Å². The number of amides is 3. The van der Waals surface area contributed by atoms with Crippen LogP contribution in [0.3, 0.4) is 0 Å². The number of hydrogen-bond donors (Lipinski definition) is 3. The second kappa shape index (κ2) is 11.0. The molecule has 2 atom stereocenters. The fraction of sp³-hybridized carbons (Fsp3) is 0.476. The zero-order valence-corrected chi connectivity index (χ0v) is 18.2. The number of carboxylic acid groups (broad SMARTS) is 1. The Kier molecular flexibility index (Phi) is 8.70. The second-order valence-corrected chi connectivity index (χ2v) is 7.94. The summed E-state index contributed by atoms with van der Waals surface area (Å²) in [6.07, 6.45) is 0.964. The number of piperidine rings is 1. The molecule has 170 valence electrons. The predicted octanol–water partition coefficient (Wildman–Crippen LogP) is 2.13. The average Bonchev–Trinajstić information content (AvgIpc) is 2.76. The SMILES string of the molecule is C=CCOC(=O)NC(CO)C(=O)N(C)C1(Cc2ccc(Cl)cc2)CCCN(C(=O)O)C1. The molecule has 0 aliphatic carbocycles. The van der Waals surface area contributed by atoms with Crippen LogP contribution < -0.4 is 5.32 Å². The van der Waals surface area contributed by atoms with Crippen LogP contribution in [0, 0.1) is 0 Å². The molecule has 0 spiro atoms. The van der Waals surface area contributed by atoms with Gasteiger partial charge in [0.15, 0.2) is 0 Å². The van der Waals surface area contributed by atoms with Gasteiger partial charge in [-0.2, -0.15) is 0 Å². The van der Waals surface area contributed by atoms with Crippen molar-refractivity contribution in [2.24, 2.45) is 0 Å². The number of carbonyl (C=O) groups is 3. The third kappa shape index (κ3) is 6.35. The third-order valence-corrected chi connectivity index (χ3v) is 5.67. The molecule has 2 unspecified atom stereocenters. The van der Waals surface area contributed by atoms with Crippen LogP contribution in [-0.4, -0.2) is 83.0 Å². The summed E-state index contributed by atoms with van der Waals surface area (Å²) in [5.74, 6) is -0.542. The minimum atomic E-state index is -1.23. The van der Waals surface area contributed by atoms with Gasteiger partial charge in [-0.1, -0.05) is 36.4 Å². The molecule has 1 heterocycles. The topological polar surface area (TPSA) is 119 Å². The molecule has 2 rings (SSSR count). The number of likely N-dealkylation sites (N-methyl/N-ethyl adjacent to an activating group) is 1. The minimum Gasteiger partial charge on any atom is -0.465 e. The third-order valence-electron chi connectivity index (χ3n) is 5.42. The number of nitrogens with zero attached hydrogens (tertiary/aromatic N) is 2. The van der Waals surface area contributed by atoms with Crippen LogP contribution in [0.4, 0.5) is 9.59 Å². The Morgan fingerprint density at radius 2 is 2.06 bits per heavy atom. The molecule has 0 radical (unpaired) electrons. The normalized spacial score (nSPS) is 19.3. The van der Waals surface area contributed by atoms with Gasteiger partial charge < -0.3 is 30.1 Å². The number of ether oxygens (including phenoxy) is 1. The highest BCUT2D eigenvalue weighted by Crippen LogP contribution is 2.32. The highest BCUT2D eigenvalue weighted by Gasteiger charge is 2.44. The van der Waals surface area contributed by atoms with Crippen LogP contribution in [0.25, 0.3) is 0 Å². The van der Waals surface area contributed by atoms with Gasteiger partial charge in [0.2, 0.25) is 5.91 Å². The zero-order valence-electron chi connectivity index (χ0n) is 17.4. The first kappa shape index (κ1) is 24.5. The summed E-state index contributed by atoms with van der Waals surface area (Å²) in [5, 5.41) is 22.2. The van der Waals surface area contributed by atoms with E-state index in [4.69, 9.17) is 16.3 Å². The van der Waals surface area contributed by atoms with Gasteiger partial charge in [-0.15, -0.1) is 0 Å². The van der Waals surface area contributed by atoms with Crippen molar-refractivity contribution < 1.29 is 29.3 Å². The molecule has 0 aromatic heterocycles. The summed E-state index contributed by atoms with van der Waals surface area (Å²) >= 11 is 5.98. The smallest absolute Gasteiger partial charge is 0.408 e. The largest absolute Gasteiger partial charge is 0.465 e. The van der Waals surface area contributed by atoms with Crippen molar-refractivity contribution in [2.75, 3.05) is 33.4 Å². The Balaban J connectivity index is 2.29. The van der Waals surface area contributed by atoms with Gasteiger partial charge >= 0.3 is 12.2 Å². The molecule has 1 saturated heterocycles. The number of aliphatic hydroxyl groups excluding tert-OH is 1. The van der Waals surface area contributed by atoms with E-state index in [2.05, 4.69) is 11.9 Å². The molecule has 1 aromatic rings. The molecule has 3 N–H and O–H groups in total. The Bertz CT molecular complexity index is 803. The van der Waals surface area contributed by atoms with Gasteiger partial charge in [-0.3, -0.25) is 4.79 Å². The lowest BCUT2D eigenvalue weighted by atomic mass is 9.81. The number of hydrogen-bond acceptors (Lipinski definition) is 5. The van der Waals surface area contributed by atoms with Gasteiger partial charge in [0.1, 0.15) is 12.6 Å². The van der Waals surface area contributed by atoms with Crippen LogP contribution in [0.5, 0.6) is 0 Å². The molecule has 1 aliphatic heterocycles. The van der Waals surface area contributed by atoms with Gasteiger partial charge in [-0.25, -0.2) is 9.59 Å². The van der Waals surface area contributed by atoms with E-state index in [1.807, 2.05) is 12.1 Å². The molecular formula is C21H28ClN3O6. The first-order valence-corrected chi connectivity index (χ1v) is 10.3. The molecule has 9 nitrogen and oxygen atoms in total. The Hall–Kier alpha value is -2.78. The van der Waals surface area contributed by atoms with Crippen molar-refractivity contribution in [3.05, 3.63) is 47.5 Å². The number of carbonyl (C=O) groups excluding carboxylic acids is 2. The Morgan fingerprint density at radius 3 is 2.65 bits per heavy atom. The molecule has 1 aromatic carbocycles. The minimum absolute atomic E-state index is 0.0396. The van der Waals surface area contributed by atoms with Gasteiger partial charge in [0.05, 0.1) is 12.1 Å². The highest BCUT2D eigenvalue weighted by molar-refractivity contribution is 6.30. The standard InChI is InChI=1S/C21H28ClN3O6/c1-3-11-31-19(28)23-17(13-26)18(27)24(2)21(9-4-10-25(14-21)20(29)30)12-15-5-7-16(22)8-6-15/h3,5-8,17,26H,1,4,9-14H2,2H3,(H,23,28)(H,29,30). The quantitative estimate of drug-likeness (QED) is 0.519. The van der Waals surface area contributed by atoms with Crippen molar-refractivity contribution in [3.63, 3.8) is 0 Å². The van der Waals surface area contributed by atoms with Crippen molar-refractivity contribution in [1.29, 1.82) is 0 Å². The van der Waals surface area contributed by atoms with E-state index >= 15 is 0 Å². The molecule has 3 amide bonds. The number of likely N-dealkylation sites (tertiary alicyclic amines) is 1. The van der Waals surface area contributed by atoms with Crippen LogP contribution in [0.1, 0.15) is 18.4 Å². The van der Waals surface area contributed by atoms with E-state index in [0.717, 1.165) is 5.56 Å². The van der Waals surface area contributed by atoms with Crippen LogP contribution >= 0.6 is 11.6 Å². The van der Waals surface area contributed by atoms with Crippen LogP contribution in [0.2, 0.25) is 5.02 Å². The van der Waals surface area contributed by atoms with Crippen molar-refractivity contribution in [3.8, 4) is 0 Å². The first-order valence-electron chi connectivity index (χ1n) is 9.87. The van der Waals surface area contributed by atoms with E-state index < -0.39 is 36.3 Å². The molecule has 0 saturated carbocycles. The molecule has 1 aliphatic rings. The van der Waals surface area contributed by atoms with Crippen molar-refractivity contribution in [1.82, 2.24) is 15.1 Å². The number of nitrogens with one attached hydrogen (secondary N) is 1. The van der Waals surface area contributed by atoms with Crippen LogP contribution in [0.15, 0.2) is 36.9 Å². The van der Waals surface area contributed by atoms with Gasteiger partial charge in [0, 0.05) is 25.2 Å². The maximum Gasteiger partial charge on any atom is 0.408 e. The lowest BCUT2D eigenvalue weighted by molar-refractivity contribution is -0.141. The number of alkyl carbamates (subject to hydrolysis) is 1. The maximum atomic E-state index is 13.2. The number of aliphatic hydroxyl groups is 1. The summed E-state index contributed by atoms with van der Waals surface area (Å²) < 4.78 is 4.83. The van der Waals surface area contributed by atoms with Gasteiger partial charge in [-0.05, 0) is 37.0 Å². The summed E-state index contributed by atoms with van der Waals surface area (Å²) in [6.45, 7) is 3.24. The summed E-state index contributed by atoms with van der Waals surface area (Å²) in [4.78, 5) is 39.4. The highest BCUT2D eigenvalue weighted by atomic mass is 35.5. The number of rotatable bonds is 8. The van der Waals surface area contributed by atoms with E-state index in [0.29, 0.717) is 30.8 Å². The lowest BCUT2D eigenvalue weighted by Crippen LogP contribution is -2.64. The molecule has 31 heavy (non-hydrogen) atoms. The summed E-state index contributed by atoms with van der Waals surface area (Å²) in [7, 11) is 1.56. The van der Waals surface area contributed by atoms with E-state index in [9.17, 15) is 24.6 Å². The zero-order chi connectivity index (χ0) is 23.0. The first-order chi connectivity index (χ1) is 14.7. The molecule has 0 bridgehead atoms. The Morgan fingerprint density at radius 1 is 1.39 bits per heavy atom. The van der Waals surface area contributed by atoms with E-state index in [1.54, 1.807) is 19.2 Å². The van der Waals surface area contributed by atoms with Crippen molar-refractivity contribution >= 4 is 29.7 Å². The molecule has 10 heteroatoms. The fourth-order valence-electron chi connectivity index (χ4n) is 3.77. The summed E-state index contributed by atoms with van der Waals surface area (Å²) in [5.41, 5.74) is 0.0250. The molecular weight excluding hydrogens is 426 g/mol. The van der Waals surface area contributed by atoms with Crippen molar-refractivity contribution in [2.45, 2.75) is 30.8 Å². The Labute approximate surface area is 186 Å². The lowest BCUT2D eigenvalue weighted by Gasteiger charge is -2.48. The average molecular weight is 454 g/mol. The second-order valence-electron chi connectivity index (χ2n) is 7.50. The summed E-state index contributed by atoms with van der Waals surface area (Å²) in [6, 6.07) is 5.90. The van der Waals surface area contributed by atoms with E-state index in [1.165, 1.54) is 15.9 Å². The van der Waals surface area contributed by atoms with Gasteiger partial charge in [0.25, 0.3) is 0 Å². The predicted molar refractivity (Wildman–Crippen MR) is 115 cm³/mol. The van der Waals surface area contributed by atoms with E-state index in [-0.39, 0.29) is 13.2 Å².